The molecule has 0 aromatic carbocycles. The van der Waals surface area contributed by atoms with E-state index in [0.717, 1.165) is 25.2 Å². The highest BCUT2D eigenvalue weighted by molar-refractivity contribution is 4.84. The normalized spacial score (nSPS) is 24.6. The van der Waals surface area contributed by atoms with Crippen molar-refractivity contribution in [3.8, 4) is 0 Å². The summed E-state index contributed by atoms with van der Waals surface area (Å²) in [5.74, 6) is 1.46. The first-order chi connectivity index (χ1) is 9.16. The molecule has 19 heavy (non-hydrogen) atoms. The SMILES string of the molecule is CC(C)Cn1ncnc1COC1CCCCCC1N. The molecule has 2 unspecified atom stereocenters. The second kappa shape index (κ2) is 7.01. The van der Waals surface area contributed by atoms with E-state index in [4.69, 9.17) is 10.5 Å². The first-order valence-electron chi connectivity index (χ1n) is 7.40. The minimum atomic E-state index is 0.170. The molecule has 2 N–H and O–H groups in total. The third-order valence-corrected chi connectivity index (χ3v) is 3.66. The van der Waals surface area contributed by atoms with Crippen LogP contribution in [0.25, 0.3) is 0 Å². The fourth-order valence-electron chi connectivity index (χ4n) is 2.59. The molecule has 0 spiro atoms. The van der Waals surface area contributed by atoms with Gasteiger partial charge >= 0.3 is 0 Å². The average Bonchev–Trinajstić information content (AvgIpc) is 2.68. The van der Waals surface area contributed by atoms with E-state index in [9.17, 15) is 0 Å². The van der Waals surface area contributed by atoms with Crippen LogP contribution in [-0.4, -0.2) is 26.9 Å². The molecule has 0 amide bonds. The molecule has 1 aromatic rings. The highest BCUT2D eigenvalue weighted by atomic mass is 16.5. The third kappa shape index (κ3) is 4.28. The molecular formula is C14H26N4O. The molecule has 5 nitrogen and oxygen atoms in total. The summed E-state index contributed by atoms with van der Waals surface area (Å²) in [6.07, 6.45) is 7.64. The summed E-state index contributed by atoms with van der Waals surface area (Å²) < 4.78 is 7.93. The Balaban J connectivity index is 1.88. The van der Waals surface area contributed by atoms with Gasteiger partial charge in [0.1, 0.15) is 12.9 Å². The molecule has 108 valence electrons. The fourth-order valence-corrected chi connectivity index (χ4v) is 2.59. The van der Waals surface area contributed by atoms with Crippen molar-refractivity contribution in [2.24, 2.45) is 11.7 Å². The largest absolute Gasteiger partial charge is 0.369 e. The van der Waals surface area contributed by atoms with E-state index >= 15 is 0 Å². The van der Waals surface area contributed by atoms with E-state index in [1.807, 2.05) is 4.68 Å². The molecule has 1 fully saturated rings. The second-order valence-corrected chi connectivity index (χ2v) is 5.90. The van der Waals surface area contributed by atoms with E-state index in [1.165, 1.54) is 19.3 Å². The number of aromatic nitrogens is 3. The maximum atomic E-state index is 6.17. The number of nitrogens with zero attached hydrogens (tertiary/aromatic N) is 3. The predicted molar refractivity (Wildman–Crippen MR) is 74.5 cm³/mol. The summed E-state index contributed by atoms with van der Waals surface area (Å²) in [5, 5.41) is 4.25. The van der Waals surface area contributed by atoms with Crippen molar-refractivity contribution < 1.29 is 4.74 Å². The molecule has 0 aliphatic heterocycles. The summed E-state index contributed by atoms with van der Waals surface area (Å²) in [7, 11) is 0. The van der Waals surface area contributed by atoms with Crippen molar-refractivity contribution in [2.75, 3.05) is 0 Å². The predicted octanol–water partition coefficient (Wildman–Crippen LogP) is 2.11. The lowest BCUT2D eigenvalue weighted by Gasteiger charge is -2.21. The lowest BCUT2D eigenvalue weighted by molar-refractivity contribution is 0.0140. The van der Waals surface area contributed by atoms with Crippen LogP contribution in [-0.2, 0) is 17.9 Å². The Morgan fingerprint density at radius 2 is 2.16 bits per heavy atom. The van der Waals surface area contributed by atoms with Crippen LogP contribution >= 0.6 is 0 Å². The maximum absolute atomic E-state index is 6.17. The van der Waals surface area contributed by atoms with Crippen LogP contribution < -0.4 is 5.73 Å². The Morgan fingerprint density at radius 3 is 2.95 bits per heavy atom. The Hall–Kier alpha value is -0.940. The topological polar surface area (TPSA) is 66.0 Å². The van der Waals surface area contributed by atoms with Gasteiger partial charge in [0.25, 0.3) is 0 Å². The van der Waals surface area contributed by atoms with Crippen molar-refractivity contribution in [1.29, 1.82) is 0 Å². The van der Waals surface area contributed by atoms with Gasteiger partial charge in [-0.05, 0) is 18.8 Å². The summed E-state index contributed by atoms with van der Waals surface area (Å²) in [4.78, 5) is 4.29. The van der Waals surface area contributed by atoms with Crippen LogP contribution in [0.3, 0.4) is 0 Å². The molecule has 1 aromatic heterocycles. The van der Waals surface area contributed by atoms with Crippen LogP contribution in [0.2, 0.25) is 0 Å². The van der Waals surface area contributed by atoms with Gasteiger partial charge in [-0.2, -0.15) is 5.10 Å². The van der Waals surface area contributed by atoms with Gasteiger partial charge in [0.15, 0.2) is 5.82 Å². The summed E-state index contributed by atoms with van der Waals surface area (Å²) in [5.41, 5.74) is 6.17. The molecule has 1 saturated carbocycles. The third-order valence-electron chi connectivity index (χ3n) is 3.66. The lowest BCUT2D eigenvalue weighted by atomic mass is 10.1. The number of hydrogen-bond acceptors (Lipinski definition) is 4. The van der Waals surface area contributed by atoms with Gasteiger partial charge in [-0.15, -0.1) is 0 Å². The Bertz CT molecular complexity index is 377. The summed E-state index contributed by atoms with van der Waals surface area (Å²) in [6.45, 7) is 5.75. The Kier molecular flexibility index (Phi) is 5.34. The van der Waals surface area contributed by atoms with Gasteiger partial charge in [0, 0.05) is 12.6 Å². The van der Waals surface area contributed by atoms with Crippen LogP contribution in [0.5, 0.6) is 0 Å². The fraction of sp³-hybridized carbons (Fsp3) is 0.857. The average molecular weight is 266 g/mol. The molecule has 0 saturated heterocycles. The van der Waals surface area contributed by atoms with Crippen molar-refractivity contribution in [3.63, 3.8) is 0 Å². The molecular weight excluding hydrogens is 240 g/mol. The molecule has 1 heterocycles. The number of nitrogens with two attached hydrogens (primary N) is 1. The standard InChI is InChI=1S/C14H26N4O/c1-11(2)8-18-14(16-10-17-18)9-19-13-7-5-3-4-6-12(13)15/h10-13H,3-9,15H2,1-2H3. The van der Waals surface area contributed by atoms with Gasteiger partial charge in [-0.25, -0.2) is 9.67 Å². The van der Waals surface area contributed by atoms with E-state index in [1.54, 1.807) is 6.33 Å². The van der Waals surface area contributed by atoms with Crippen molar-refractivity contribution >= 4 is 0 Å². The molecule has 0 radical (unpaired) electrons. The number of hydrogen-bond donors (Lipinski definition) is 1. The first kappa shape index (κ1) is 14.5. The molecule has 1 aliphatic carbocycles. The van der Waals surface area contributed by atoms with Gasteiger partial charge < -0.3 is 10.5 Å². The van der Waals surface area contributed by atoms with E-state index in [2.05, 4.69) is 23.9 Å². The monoisotopic (exact) mass is 266 g/mol. The zero-order valence-electron chi connectivity index (χ0n) is 12.1. The quantitative estimate of drug-likeness (QED) is 0.829. The van der Waals surface area contributed by atoms with Gasteiger partial charge in [-0.1, -0.05) is 33.1 Å². The minimum Gasteiger partial charge on any atom is -0.369 e. The summed E-state index contributed by atoms with van der Waals surface area (Å²) in [6, 6.07) is 0.170. The molecule has 1 aliphatic rings. The number of ether oxygens (including phenoxy) is 1. The highest BCUT2D eigenvalue weighted by Crippen LogP contribution is 2.20. The van der Waals surface area contributed by atoms with E-state index in [0.29, 0.717) is 12.5 Å². The van der Waals surface area contributed by atoms with Crippen LogP contribution in [0, 0.1) is 5.92 Å². The molecule has 0 bridgehead atoms. The Morgan fingerprint density at radius 1 is 1.37 bits per heavy atom. The van der Waals surface area contributed by atoms with Crippen LogP contribution in [0.4, 0.5) is 0 Å². The van der Waals surface area contributed by atoms with Gasteiger partial charge in [0.2, 0.25) is 0 Å². The van der Waals surface area contributed by atoms with Gasteiger partial charge in [-0.3, -0.25) is 0 Å². The smallest absolute Gasteiger partial charge is 0.152 e. The highest BCUT2D eigenvalue weighted by Gasteiger charge is 2.21. The van der Waals surface area contributed by atoms with Crippen molar-refractivity contribution in [2.45, 2.75) is 71.2 Å². The number of rotatable bonds is 5. The first-order valence-corrected chi connectivity index (χ1v) is 7.40. The van der Waals surface area contributed by atoms with Crippen molar-refractivity contribution in [3.05, 3.63) is 12.2 Å². The lowest BCUT2D eigenvalue weighted by Crippen LogP contribution is -2.35. The van der Waals surface area contributed by atoms with Crippen LogP contribution in [0.1, 0.15) is 51.8 Å². The van der Waals surface area contributed by atoms with Gasteiger partial charge in [0.05, 0.1) is 6.10 Å². The zero-order valence-corrected chi connectivity index (χ0v) is 12.1. The molecule has 5 heteroatoms. The molecule has 2 rings (SSSR count). The van der Waals surface area contributed by atoms with Crippen LogP contribution in [0.15, 0.2) is 6.33 Å². The Labute approximate surface area is 115 Å². The van der Waals surface area contributed by atoms with E-state index in [-0.39, 0.29) is 12.1 Å². The second-order valence-electron chi connectivity index (χ2n) is 5.90. The van der Waals surface area contributed by atoms with E-state index < -0.39 is 0 Å². The zero-order chi connectivity index (χ0) is 13.7. The maximum Gasteiger partial charge on any atom is 0.152 e. The minimum absolute atomic E-state index is 0.170. The summed E-state index contributed by atoms with van der Waals surface area (Å²) >= 11 is 0. The molecule has 2 atom stereocenters. The van der Waals surface area contributed by atoms with Crippen molar-refractivity contribution in [1.82, 2.24) is 14.8 Å².